The highest BCUT2D eigenvalue weighted by Gasteiger charge is 2.43. The van der Waals surface area contributed by atoms with Crippen LogP contribution in [-0.4, -0.2) is 53.7 Å². The topological polar surface area (TPSA) is 69.7 Å². The molecular weight excluding hydrogens is 282 g/mol. The van der Waals surface area contributed by atoms with Crippen molar-refractivity contribution in [2.45, 2.75) is 32.0 Å². The molecule has 1 aliphatic rings. The molecule has 118 valence electrons. The van der Waals surface area contributed by atoms with Crippen molar-refractivity contribution in [3.05, 3.63) is 35.9 Å². The summed E-state index contributed by atoms with van der Waals surface area (Å²) < 4.78 is 0. The smallest absolute Gasteiger partial charge is 0.247 e. The number of likely N-dealkylation sites (N-methyl/N-ethyl adjacent to an activating group) is 1. The van der Waals surface area contributed by atoms with Gasteiger partial charge in [0.1, 0.15) is 6.04 Å². The van der Waals surface area contributed by atoms with E-state index >= 15 is 0 Å². The van der Waals surface area contributed by atoms with Gasteiger partial charge in [0, 0.05) is 6.54 Å². The number of carbonyl (C=O) groups is 3. The maximum Gasteiger partial charge on any atom is 0.247 e. The van der Waals surface area contributed by atoms with Gasteiger partial charge in [-0.1, -0.05) is 30.3 Å². The van der Waals surface area contributed by atoms with Crippen molar-refractivity contribution in [3.63, 3.8) is 0 Å². The zero-order chi connectivity index (χ0) is 16.3. The van der Waals surface area contributed by atoms with Gasteiger partial charge in [-0.3, -0.25) is 24.2 Å². The largest absolute Gasteiger partial charge is 0.350 e. The highest BCUT2D eigenvalue weighted by Crippen LogP contribution is 2.19. The van der Waals surface area contributed by atoms with Crippen molar-refractivity contribution >= 4 is 17.7 Å². The van der Waals surface area contributed by atoms with Crippen molar-refractivity contribution < 1.29 is 14.4 Å². The average molecular weight is 303 g/mol. The van der Waals surface area contributed by atoms with Crippen LogP contribution in [0.15, 0.2) is 30.3 Å². The highest BCUT2D eigenvalue weighted by atomic mass is 16.2. The van der Waals surface area contributed by atoms with Crippen LogP contribution in [0.3, 0.4) is 0 Å². The molecule has 0 aliphatic carbocycles. The fourth-order valence-corrected chi connectivity index (χ4v) is 2.49. The molecule has 2 rings (SSSR count). The Labute approximate surface area is 130 Å². The maximum atomic E-state index is 12.3. The van der Waals surface area contributed by atoms with E-state index in [0.29, 0.717) is 6.54 Å². The third kappa shape index (κ3) is 3.33. The van der Waals surface area contributed by atoms with E-state index in [9.17, 15) is 14.4 Å². The number of likely N-dealkylation sites (tertiary alicyclic amines) is 1. The quantitative estimate of drug-likeness (QED) is 0.799. The molecule has 0 radical (unpaired) electrons. The molecule has 1 heterocycles. The van der Waals surface area contributed by atoms with Gasteiger partial charge in [-0.15, -0.1) is 0 Å². The zero-order valence-electron chi connectivity index (χ0n) is 13.1. The van der Waals surface area contributed by atoms with Gasteiger partial charge in [-0.05, 0) is 26.6 Å². The van der Waals surface area contributed by atoms with E-state index in [2.05, 4.69) is 5.32 Å². The molecule has 0 aromatic heterocycles. The van der Waals surface area contributed by atoms with Crippen LogP contribution in [0.25, 0.3) is 0 Å². The number of nitrogens with one attached hydrogen (secondary N) is 1. The van der Waals surface area contributed by atoms with Gasteiger partial charge in [-0.25, -0.2) is 0 Å². The van der Waals surface area contributed by atoms with E-state index in [1.54, 1.807) is 25.9 Å². The Hall–Kier alpha value is -2.21. The molecule has 0 saturated carbocycles. The maximum absolute atomic E-state index is 12.3. The van der Waals surface area contributed by atoms with Crippen LogP contribution in [0.1, 0.15) is 18.9 Å². The molecular formula is C16H21N3O3. The predicted octanol–water partition coefficient (Wildman–Crippen LogP) is 0.380. The molecule has 6 heteroatoms. The number of rotatable bonds is 5. The third-order valence-corrected chi connectivity index (χ3v) is 3.86. The number of nitrogens with zero attached hydrogens (tertiary/aromatic N) is 2. The van der Waals surface area contributed by atoms with Crippen LogP contribution >= 0.6 is 0 Å². The molecule has 0 bridgehead atoms. The number of hydrogen-bond donors (Lipinski definition) is 1. The lowest BCUT2D eigenvalue weighted by Crippen LogP contribution is -2.49. The lowest BCUT2D eigenvalue weighted by Gasteiger charge is -2.23. The molecule has 1 aromatic rings. The van der Waals surface area contributed by atoms with Crippen LogP contribution in [0.5, 0.6) is 0 Å². The predicted molar refractivity (Wildman–Crippen MR) is 81.7 cm³/mol. The lowest BCUT2D eigenvalue weighted by molar-refractivity contribution is -0.147. The number of amides is 3. The van der Waals surface area contributed by atoms with Gasteiger partial charge >= 0.3 is 0 Å². The Bertz CT molecular complexity index is 571. The van der Waals surface area contributed by atoms with Gasteiger partial charge in [0.2, 0.25) is 17.7 Å². The van der Waals surface area contributed by atoms with E-state index in [1.807, 2.05) is 30.3 Å². The van der Waals surface area contributed by atoms with E-state index in [4.69, 9.17) is 0 Å². The summed E-state index contributed by atoms with van der Waals surface area (Å²) >= 11 is 0. The molecule has 1 aromatic carbocycles. The van der Waals surface area contributed by atoms with E-state index in [0.717, 1.165) is 10.5 Å². The monoisotopic (exact) mass is 303 g/mol. The SMILES string of the molecule is C[C@H](C(=O)NCc1ccccc1)N1C(=O)C[C@H](N(C)C)C1=O. The minimum atomic E-state index is -0.798. The summed E-state index contributed by atoms with van der Waals surface area (Å²) in [6, 6.07) is 8.21. The summed E-state index contributed by atoms with van der Waals surface area (Å²) in [5.74, 6) is -0.937. The van der Waals surface area contributed by atoms with Crippen LogP contribution in [0.4, 0.5) is 0 Å². The number of carbonyl (C=O) groups excluding carboxylic acids is 3. The second-order valence-corrected chi connectivity index (χ2v) is 5.66. The third-order valence-electron chi connectivity index (χ3n) is 3.86. The molecule has 3 amide bonds. The second-order valence-electron chi connectivity index (χ2n) is 5.66. The fourth-order valence-electron chi connectivity index (χ4n) is 2.49. The van der Waals surface area contributed by atoms with E-state index in [1.165, 1.54) is 0 Å². The Balaban J connectivity index is 1.98. The summed E-state index contributed by atoms with van der Waals surface area (Å²) in [4.78, 5) is 39.3. The molecule has 0 spiro atoms. The van der Waals surface area contributed by atoms with Gasteiger partial charge in [-0.2, -0.15) is 0 Å². The number of benzene rings is 1. The molecule has 22 heavy (non-hydrogen) atoms. The van der Waals surface area contributed by atoms with Crippen molar-refractivity contribution in [2.75, 3.05) is 14.1 Å². The summed E-state index contributed by atoms with van der Waals surface area (Å²) in [6.45, 7) is 1.95. The Morgan fingerprint density at radius 2 is 1.95 bits per heavy atom. The van der Waals surface area contributed by atoms with Gasteiger partial charge in [0.05, 0.1) is 12.5 Å². The van der Waals surface area contributed by atoms with Crippen molar-refractivity contribution in [3.8, 4) is 0 Å². The van der Waals surface area contributed by atoms with Crippen molar-refractivity contribution in [2.24, 2.45) is 0 Å². The van der Waals surface area contributed by atoms with E-state index < -0.39 is 12.1 Å². The lowest BCUT2D eigenvalue weighted by atomic mass is 10.2. The summed E-state index contributed by atoms with van der Waals surface area (Å²) in [5, 5.41) is 2.76. The summed E-state index contributed by atoms with van der Waals surface area (Å²) in [5.41, 5.74) is 0.966. The van der Waals surface area contributed by atoms with Crippen molar-refractivity contribution in [1.82, 2.24) is 15.1 Å². The van der Waals surface area contributed by atoms with Crippen LogP contribution in [-0.2, 0) is 20.9 Å². The molecule has 6 nitrogen and oxygen atoms in total. The normalized spacial score (nSPS) is 19.6. The second kappa shape index (κ2) is 6.70. The first-order valence-electron chi connectivity index (χ1n) is 7.25. The fraction of sp³-hybridized carbons (Fsp3) is 0.438. The van der Waals surface area contributed by atoms with Crippen LogP contribution in [0.2, 0.25) is 0 Å². The first-order chi connectivity index (χ1) is 10.4. The molecule has 1 aliphatic heterocycles. The minimum absolute atomic E-state index is 0.127. The zero-order valence-corrected chi connectivity index (χ0v) is 13.1. The number of imide groups is 1. The van der Waals surface area contributed by atoms with Crippen LogP contribution in [0, 0.1) is 0 Å². The molecule has 1 fully saturated rings. The standard InChI is InChI=1S/C16H21N3O3/c1-11(15(21)17-10-12-7-5-4-6-8-12)19-14(20)9-13(16(19)22)18(2)3/h4-8,11,13H,9-10H2,1-3H3,(H,17,21)/t11-,13+/m1/s1. The summed E-state index contributed by atoms with van der Waals surface area (Å²) in [6.07, 6.45) is 0.127. The average Bonchev–Trinajstić information content (AvgIpc) is 2.80. The Morgan fingerprint density at radius 3 is 2.50 bits per heavy atom. The molecule has 1 N–H and O–H groups in total. The molecule has 2 atom stereocenters. The molecule has 0 unspecified atom stereocenters. The van der Waals surface area contributed by atoms with Crippen molar-refractivity contribution in [1.29, 1.82) is 0 Å². The van der Waals surface area contributed by atoms with Gasteiger partial charge in [0.15, 0.2) is 0 Å². The number of hydrogen-bond acceptors (Lipinski definition) is 4. The first-order valence-corrected chi connectivity index (χ1v) is 7.25. The minimum Gasteiger partial charge on any atom is -0.350 e. The summed E-state index contributed by atoms with van der Waals surface area (Å²) in [7, 11) is 3.50. The Morgan fingerprint density at radius 1 is 1.32 bits per heavy atom. The van der Waals surface area contributed by atoms with Gasteiger partial charge in [0.25, 0.3) is 0 Å². The van der Waals surface area contributed by atoms with E-state index in [-0.39, 0.29) is 24.1 Å². The molecule has 1 saturated heterocycles. The highest BCUT2D eigenvalue weighted by molar-refractivity contribution is 6.08. The van der Waals surface area contributed by atoms with Crippen LogP contribution < -0.4 is 5.32 Å². The van der Waals surface area contributed by atoms with Gasteiger partial charge < -0.3 is 5.32 Å². The first kappa shape index (κ1) is 16.2. The Kier molecular flexibility index (Phi) is 4.92.